The predicted octanol–water partition coefficient (Wildman–Crippen LogP) is 5.28. The number of ether oxygens (including phenoxy) is 1. The molecule has 0 bridgehead atoms. The Labute approximate surface area is 148 Å². The van der Waals surface area contributed by atoms with Gasteiger partial charge in [-0.25, -0.2) is 4.79 Å². The molecule has 1 unspecified atom stereocenters. The van der Waals surface area contributed by atoms with Crippen LogP contribution in [-0.4, -0.2) is 18.7 Å². The third-order valence-electron chi connectivity index (χ3n) is 3.35. The molecule has 23 heavy (non-hydrogen) atoms. The van der Waals surface area contributed by atoms with Gasteiger partial charge in [-0.15, -0.1) is 0 Å². The highest BCUT2D eigenvalue weighted by Crippen LogP contribution is 2.10. The van der Waals surface area contributed by atoms with Crippen LogP contribution in [0.5, 0.6) is 0 Å². The Morgan fingerprint density at radius 2 is 1.87 bits per heavy atom. The average molecular weight is 380 g/mol. The first-order chi connectivity index (χ1) is 11.2. The number of carbonyl (C=O) groups excluding carboxylic acids is 1. The van der Waals surface area contributed by atoms with Crippen molar-refractivity contribution in [3.05, 3.63) is 34.3 Å². The number of rotatable bonds is 8. The highest BCUT2D eigenvalue weighted by atomic mass is 79.9. The minimum Gasteiger partial charge on any atom is -0.450 e. The van der Waals surface area contributed by atoms with E-state index in [4.69, 9.17) is 4.74 Å². The van der Waals surface area contributed by atoms with Gasteiger partial charge in [0.25, 0.3) is 0 Å². The number of benzene rings is 1. The average Bonchev–Trinajstić information content (AvgIpc) is 2.54. The van der Waals surface area contributed by atoms with Crippen LogP contribution in [0.3, 0.4) is 0 Å². The molecule has 0 spiro atoms. The second kappa shape index (κ2) is 12.0. The van der Waals surface area contributed by atoms with Crippen LogP contribution in [0.25, 0.3) is 0 Å². The molecule has 1 aromatic rings. The van der Waals surface area contributed by atoms with E-state index in [1.807, 2.05) is 24.3 Å². The Balaban J connectivity index is 2.60. The highest BCUT2D eigenvalue weighted by molar-refractivity contribution is 9.10. The van der Waals surface area contributed by atoms with Crippen LogP contribution in [0.15, 0.2) is 28.7 Å². The SMILES string of the molecule is CCCCCC(C#Cc1ccc(Br)cc1)NC(=O)OCCCC. The van der Waals surface area contributed by atoms with E-state index >= 15 is 0 Å². The van der Waals surface area contributed by atoms with Crippen molar-refractivity contribution in [1.29, 1.82) is 0 Å². The van der Waals surface area contributed by atoms with Gasteiger partial charge >= 0.3 is 6.09 Å². The van der Waals surface area contributed by atoms with Crippen molar-refractivity contribution in [3.63, 3.8) is 0 Å². The Hall–Kier alpha value is -1.47. The maximum absolute atomic E-state index is 11.8. The first-order valence-corrected chi connectivity index (χ1v) is 9.15. The molecule has 0 aliphatic heterocycles. The van der Waals surface area contributed by atoms with E-state index in [0.717, 1.165) is 48.6 Å². The highest BCUT2D eigenvalue weighted by Gasteiger charge is 2.10. The summed E-state index contributed by atoms with van der Waals surface area (Å²) in [6.45, 7) is 4.69. The van der Waals surface area contributed by atoms with E-state index in [0.29, 0.717) is 6.61 Å². The number of halogens is 1. The summed E-state index contributed by atoms with van der Waals surface area (Å²) in [6.07, 6.45) is 5.71. The van der Waals surface area contributed by atoms with Gasteiger partial charge in [0.1, 0.15) is 0 Å². The molecule has 0 aliphatic rings. The Morgan fingerprint density at radius 1 is 1.17 bits per heavy atom. The van der Waals surface area contributed by atoms with Crippen LogP contribution in [0.2, 0.25) is 0 Å². The molecule has 0 fully saturated rings. The molecular weight excluding hydrogens is 354 g/mol. The molecule has 3 nitrogen and oxygen atoms in total. The van der Waals surface area contributed by atoms with E-state index in [1.54, 1.807) is 0 Å². The summed E-state index contributed by atoms with van der Waals surface area (Å²) in [5.74, 6) is 6.29. The molecular formula is C19H26BrNO2. The summed E-state index contributed by atoms with van der Waals surface area (Å²) >= 11 is 3.41. The second-order valence-corrected chi connectivity index (χ2v) is 6.37. The largest absolute Gasteiger partial charge is 0.450 e. The van der Waals surface area contributed by atoms with Gasteiger partial charge in [0.15, 0.2) is 0 Å². The lowest BCUT2D eigenvalue weighted by Crippen LogP contribution is -2.34. The third kappa shape index (κ3) is 9.30. The van der Waals surface area contributed by atoms with Gasteiger partial charge < -0.3 is 10.1 Å². The van der Waals surface area contributed by atoms with E-state index in [9.17, 15) is 4.79 Å². The van der Waals surface area contributed by atoms with Crippen LogP contribution in [-0.2, 0) is 4.74 Å². The molecule has 1 rings (SSSR count). The van der Waals surface area contributed by atoms with Crippen molar-refractivity contribution in [2.75, 3.05) is 6.61 Å². The molecule has 1 atom stereocenters. The topological polar surface area (TPSA) is 38.3 Å². The minimum atomic E-state index is -0.370. The molecule has 0 saturated heterocycles. The monoisotopic (exact) mass is 379 g/mol. The zero-order valence-corrected chi connectivity index (χ0v) is 15.6. The van der Waals surface area contributed by atoms with Gasteiger partial charge in [-0.3, -0.25) is 0 Å². The lowest BCUT2D eigenvalue weighted by Gasteiger charge is -2.13. The first-order valence-electron chi connectivity index (χ1n) is 8.36. The molecule has 0 radical (unpaired) electrons. The maximum Gasteiger partial charge on any atom is 0.408 e. The van der Waals surface area contributed by atoms with E-state index in [1.165, 1.54) is 0 Å². The summed E-state index contributed by atoms with van der Waals surface area (Å²) in [6, 6.07) is 7.67. The summed E-state index contributed by atoms with van der Waals surface area (Å²) in [5.41, 5.74) is 0.940. The fourth-order valence-electron chi connectivity index (χ4n) is 1.98. The fraction of sp³-hybridized carbons (Fsp3) is 0.526. The Morgan fingerprint density at radius 3 is 2.52 bits per heavy atom. The third-order valence-corrected chi connectivity index (χ3v) is 3.88. The number of nitrogens with one attached hydrogen (secondary N) is 1. The molecule has 0 aliphatic carbocycles. The zero-order valence-electron chi connectivity index (χ0n) is 14.0. The number of alkyl carbamates (subject to hydrolysis) is 1. The predicted molar refractivity (Wildman–Crippen MR) is 98.3 cm³/mol. The van der Waals surface area contributed by atoms with Crippen molar-refractivity contribution in [1.82, 2.24) is 5.32 Å². The van der Waals surface area contributed by atoms with Crippen LogP contribution < -0.4 is 5.32 Å². The molecule has 1 amide bonds. The summed E-state index contributed by atoms with van der Waals surface area (Å²) < 4.78 is 6.19. The van der Waals surface area contributed by atoms with Crippen LogP contribution in [0.1, 0.15) is 57.9 Å². The van der Waals surface area contributed by atoms with Crippen LogP contribution >= 0.6 is 15.9 Å². The molecule has 126 valence electrons. The van der Waals surface area contributed by atoms with Crippen molar-refractivity contribution in [3.8, 4) is 11.8 Å². The van der Waals surface area contributed by atoms with Gasteiger partial charge in [0.2, 0.25) is 0 Å². The van der Waals surface area contributed by atoms with Gasteiger partial charge in [0.05, 0.1) is 12.6 Å². The molecule has 0 saturated carbocycles. The maximum atomic E-state index is 11.8. The first kappa shape index (κ1) is 19.6. The smallest absolute Gasteiger partial charge is 0.408 e. The van der Waals surface area contributed by atoms with Gasteiger partial charge in [-0.05, 0) is 37.1 Å². The summed E-state index contributed by atoms with van der Waals surface area (Å²) in [7, 11) is 0. The molecule has 1 aromatic carbocycles. The standard InChI is InChI=1S/C19H26BrNO2/c1-3-5-7-8-18(21-19(22)23-15-6-4-2)14-11-16-9-12-17(20)13-10-16/h9-10,12-13,18H,3-8,15H2,1-2H3,(H,21,22). The second-order valence-electron chi connectivity index (χ2n) is 5.46. The molecule has 0 heterocycles. The quantitative estimate of drug-likeness (QED) is 0.493. The van der Waals surface area contributed by atoms with E-state index < -0.39 is 0 Å². The fourth-order valence-corrected chi connectivity index (χ4v) is 2.24. The number of hydrogen-bond acceptors (Lipinski definition) is 2. The Bertz CT molecular complexity index is 516. The van der Waals surface area contributed by atoms with Crippen LogP contribution in [0.4, 0.5) is 4.79 Å². The van der Waals surface area contributed by atoms with E-state index in [2.05, 4.69) is 46.9 Å². The Kier molecular flexibility index (Phi) is 10.2. The minimum absolute atomic E-state index is 0.167. The normalized spacial score (nSPS) is 11.3. The van der Waals surface area contributed by atoms with Crippen molar-refractivity contribution in [2.45, 2.75) is 58.4 Å². The van der Waals surface area contributed by atoms with Crippen LogP contribution in [0, 0.1) is 11.8 Å². The summed E-state index contributed by atoms with van der Waals surface area (Å²) in [4.78, 5) is 11.8. The number of carbonyl (C=O) groups is 1. The number of hydrogen-bond donors (Lipinski definition) is 1. The molecule has 1 N–H and O–H groups in total. The van der Waals surface area contributed by atoms with Gasteiger partial charge in [0, 0.05) is 10.0 Å². The molecule has 0 aromatic heterocycles. The number of amides is 1. The number of unbranched alkanes of at least 4 members (excludes halogenated alkanes) is 3. The lowest BCUT2D eigenvalue weighted by molar-refractivity contribution is 0.142. The van der Waals surface area contributed by atoms with E-state index in [-0.39, 0.29) is 12.1 Å². The zero-order chi connectivity index (χ0) is 16.9. The van der Waals surface area contributed by atoms with Crippen molar-refractivity contribution >= 4 is 22.0 Å². The summed E-state index contributed by atoms with van der Waals surface area (Å²) in [5, 5.41) is 2.87. The lowest BCUT2D eigenvalue weighted by atomic mass is 10.1. The molecule has 4 heteroatoms. The van der Waals surface area contributed by atoms with Crippen molar-refractivity contribution in [2.24, 2.45) is 0 Å². The van der Waals surface area contributed by atoms with Gasteiger partial charge in [-0.1, -0.05) is 67.3 Å². The van der Waals surface area contributed by atoms with Crippen molar-refractivity contribution < 1.29 is 9.53 Å². The van der Waals surface area contributed by atoms with Gasteiger partial charge in [-0.2, -0.15) is 0 Å².